The summed E-state index contributed by atoms with van der Waals surface area (Å²) in [6.07, 6.45) is 0.619. The number of para-hydroxylation sites is 1. The average Bonchev–Trinajstić information content (AvgIpc) is 2.46. The first-order valence-corrected chi connectivity index (χ1v) is 6.96. The molecule has 0 fully saturated rings. The fraction of sp³-hybridized carbons (Fsp3) is 0.467. The Morgan fingerprint density at radius 1 is 1.29 bits per heavy atom. The van der Waals surface area contributed by atoms with Gasteiger partial charge >= 0.3 is 12.0 Å². The summed E-state index contributed by atoms with van der Waals surface area (Å²) in [7, 11) is 0. The first kappa shape index (κ1) is 16.9. The van der Waals surface area contributed by atoms with Crippen molar-refractivity contribution in [2.75, 3.05) is 18.0 Å². The van der Waals surface area contributed by atoms with Crippen LogP contribution in [0.25, 0.3) is 0 Å². The Balaban J connectivity index is 3.09. The minimum absolute atomic E-state index is 0.156. The molecule has 0 aliphatic carbocycles. The van der Waals surface area contributed by atoms with Gasteiger partial charge in [0.15, 0.2) is 0 Å². The van der Waals surface area contributed by atoms with Crippen LogP contribution in [0.2, 0.25) is 0 Å². The lowest BCUT2D eigenvalue weighted by Gasteiger charge is -2.33. The molecule has 0 heterocycles. The van der Waals surface area contributed by atoms with Gasteiger partial charge in [-0.2, -0.15) is 0 Å². The Bertz CT molecular complexity index is 507. The minimum atomic E-state index is -1.09. The number of amides is 2. The molecule has 1 unspecified atom stereocenters. The van der Waals surface area contributed by atoms with E-state index in [0.717, 1.165) is 0 Å². The van der Waals surface area contributed by atoms with Gasteiger partial charge in [-0.1, -0.05) is 19.1 Å². The fourth-order valence-electron chi connectivity index (χ4n) is 2.01. The van der Waals surface area contributed by atoms with Gasteiger partial charge in [0.05, 0.1) is 5.69 Å². The number of aliphatic carboxylic acids is 1. The molecule has 0 radical (unpaired) electrons. The third kappa shape index (κ3) is 4.18. The molecule has 0 aromatic heterocycles. The second kappa shape index (κ2) is 7.61. The lowest BCUT2D eigenvalue weighted by atomic mass is 10.2. The molecule has 0 aliphatic rings. The van der Waals surface area contributed by atoms with Crippen molar-refractivity contribution in [3.63, 3.8) is 0 Å². The molecular weight excluding hydrogens is 275 g/mol. The monoisotopic (exact) mass is 296 g/mol. The molecule has 0 saturated heterocycles. The van der Waals surface area contributed by atoms with E-state index >= 15 is 0 Å². The first-order valence-electron chi connectivity index (χ1n) is 6.96. The molecule has 5 nitrogen and oxygen atoms in total. The van der Waals surface area contributed by atoms with Crippen LogP contribution in [0, 0.1) is 5.82 Å². The quantitative estimate of drug-likeness (QED) is 0.878. The van der Waals surface area contributed by atoms with Crippen LogP contribution in [0.5, 0.6) is 0 Å². The first-order chi connectivity index (χ1) is 9.92. The van der Waals surface area contributed by atoms with Gasteiger partial charge < -0.3 is 10.0 Å². The predicted molar refractivity (Wildman–Crippen MR) is 78.9 cm³/mol. The van der Waals surface area contributed by atoms with E-state index in [2.05, 4.69) is 0 Å². The SMILES string of the molecule is CCC(C)N(CC(=O)O)C(=O)N(CC)c1ccccc1F. The van der Waals surface area contributed by atoms with Crippen LogP contribution >= 0.6 is 0 Å². The van der Waals surface area contributed by atoms with Crippen LogP contribution < -0.4 is 4.90 Å². The van der Waals surface area contributed by atoms with Crippen molar-refractivity contribution < 1.29 is 19.1 Å². The van der Waals surface area contributed by atoms with Crippen LogP contribution in [0.4, 0.5) is 14.9 Å². The Labute approximate surface area is 124 Å². The van der Waals surface area contributed by atoms with Crippen molar-refractivity contribution in [2.24, 2.45) is 0 Å². The van der Waals surface area contributed by atoms with Gasteiger partial charge in [0.2, 0.25) is 0 Å². The second-order valence-electron chi connectivity index (χ2n) is 4.76. The maximum Gasteiger partial charge on any atom is 0.325 e. The number of hydrogen-bond acceptors (Lipinski definition) is 2. The predicted octanol–water partition coefficient (Wildman–Crippen LogP) is 2.96. The highest BCUT2D eigenvalue weighted by Gasteiger charge is 2.27. The molecule has 21 heavy (non-hydrogen) atoms. The molecule has 116 valence electrons. The van der Waals surface area contributed by atoms with Crippen LogP contribution in [-0.2, 0) is 4.79 Å². The van der Waals surface area contributed by atoms with E-state index in [1.54, 1.807) is 26.0 Å². The number of nitrogens with zero attached hydrogens (tertiary/aromatic N) is 2. The maximum atomic E-state index is 13.9. The van der Waals surface area contributed by atoms with E-state index in [9.17, 15) is 14.0 Å². The zero-order chi connectivity index (χ0) is 16.0. The highest BCUT2D eigenvalue weighted by atomic mass is 19.1. The van der Waals surface area contributed by atoms with E-state index < -0.39 is 24.4 Å². The molecule has 1 N–H and O–H groups in total. The van der Waals surface area contributed by atoms with Gasteiger partial charge in [0, 0.05) is 12.6 Å². The van der Waals surface area contributed by atoms with Crippen molar-refractivity contribution in [1.82, 2.24) is 4.90 Å². The van der Waals surface area contributed by atoms with Gasteiger partial charge in [0.1, 0.15) is 12.4 Å². The van der Waals surface area contributed by atoms with Crippen molar-refractivity contribution >= 4 is 17.7 Å². The molecule has 6 heteroatoms. The summed E-state index contributed by atoms with van der Waals surface area (Å²) in [5, 5.41) is 8.97. The molecule has 1 rings (SSSR count). The van der Waals surface area contributed by atoms with Gasteiger partial charge in [0.25, 0.3) is 0 Å². The number of carbonyl (C=O) groups is 2. The normalized spacial score (nSPS) is 11.8. The van der Waals surface area contributed by atoms with Crippen molar-refractivity contribution in [2.45, 2.75) is 33.2 Å². The summed E-state index contributed by atoms with van der Waals surface area (Å²) in [5.41, 5.74) is 0.156. The number of urea groups is 1. The van der Waals surface area contributed by atoms with Crippen LogP contribution in [-0.4, -0.2) is 41.1 Å². The second-order valence-corrected chi connectivity index (χ2v) is 4.76. The summed E-state index contributed by atoms with van der Waals surface area (Å²) < 4.78 is 13.9. The number of anilines is 1. The van der Waals surface area contributed by atoms with Gasteiger partial charge in [-0.25, -0.2) is 9.18 Å². The largest absolute Gasteiger partial charge is 0.480 e. The highest BCUT2D eigenvalue weighted by Crippen LogP contribution is 2.21. The van der Waals surface area contributed by atoms with Crippen LogP contribution in [0.3, 0.4) is 0 Å². The summed E-state index contributed by atoms with van der Waals surface area (Å²) in [6.45, 7) is 5.22. The molecule has 0 aliphatic heterocycles. The lowest BCUT2D eigenvalue weighted by Crippen LogP contribution is -2.49. The number of hydrogen-bond donors (Lipinski definition) is 1. The molecule has 0 bridgehead atoms. The Hall–Kier alpha value is -2.11. The smallest absolute Gasteiger partial charge is 0.325 e. The summed E-state index contributed by atoms with van der Waals surface area (Å²) >= 11 is 0. The van der Waals surface area contributed by atoms with Gasteiger partial charge in [-0.15, -0.1) is 0 Å². The lowest BCUT2D eigenvalue weighted by molar-refractivity contribution is -0.138. The van der Waals surface area contributed by atoms with Gasteiger partial charge in [-0.05, 0) is 32.4 Å². The average molecular weight is 296 g/mol. The summed E-state index contributed by atoms with van der Waals surface area (Å²) in [6, 6.07) is 5.22. The molecule has 0 spiro atoms. The number of benzene rings is 1. The molecular formula is C15H21FN2O3. The zero-order valence-electron chi connectivity index (χ0n) is 12.5. The minimum Gasteiger partial charge on any atom is -0.480 e. The van der Waals surface area contributed by atoms with Crippen LogP contribution in [0.15, 0.2) is 24.3 Å². The van der Waals surface area contributed by atoms with E-state index in [-0.39, 0.29) is 18.3 Å². The molecule has 0 saturated carbocycles. The van der Waals surface area contributed by atoms with Gasteiger partial charge in [-0.3, -0.25) is 9.69 Å². The maximum absolute atomic E-state index is 13.9. The number of halogens is 1. The number of carboxylic acids is 1. The molecule has 1 aromatic carbocycles. The molecule has 2 amide bonds. The van der Waals surface area contributed by atoms with Crippen molar-refractivity contribution in [3.05, 3.63) is 30.1 Å². The molecule has 1 atom stereocenters. The Morgan fingerprint density at radius 2 is 1.90 bits per heavy atom. The number of rotatable bonds is 6. The van der Waals surface area contributed by atoms with Crippen LogP contribution in [0.1, 0.15) is 27.2 Å². The third-order valence-electron chi connectivity index (χ3n) is 3.36. The highest BCUT2D eigenvalue weighted by molar-refractivity contribution is 5.94. The third-order valence-corrected chi connectivity index (χ3v) is 3.36. The zero-order valence-corrected chi connectivity index (χ0v) is 12.5. The van der Waals surface area contributed by atoms with E-state index in [0.29, 0.717) is 6.42 Å². The summed E-state index contributed by atoms with van der Waals surface area (Å²) in [5.74, 6) is -1.60. The Kier molecular flexibility index (Phi) is 6.14. The topological polar surface area (TPSA) is 60.9 Å². The standard InChI is InChI=1S/C15H21FN2O3/c1-4-11(3)18(10-14(19)20)15(21)17(5-2)13-9-7-6-8-12(13)16/h6-9,11H,4-5,10H2,1-3H3,(H,19,20). The number of carbonyl (C=O) groups excluding carboxylic acids is 1. The van der Waals surface area contributed by atoms with E-state index in [1.165, 1.54) is 21.9 Å². The van der Waals surface area contributed by atoms with E-state index in [1.807, 2.05) is 6.92 Å². The fourth-order valence-corrected chi connectivity index (χ4v) is 2.01. The van der Waals surface area contributed by atoms with Crippen molar-refractivity contribution in [3.8, 4) is 0 Å². The number of carboxylic acid groups (broad SMARTS) is 1. The van der Waals surface area contributed by atoms with Crippen molar-refractivity contribution in [1.29, 1.82) is 0 Å². The Morgan fingerprint density at radius 3 is 2.38 bits per heavy atom. The summed E-state index contributed by atoms with van der Waals surface area (Å²) in [4.78, 5) is 26.0. The van der Waals surface area contributed by atoms with E-state index in [4.69, 9.17) is 5.11 Å². The molecule has 1 aromatic rings.